The van der Waals surface area contributed by atoms with Crippen LogP contribution in [-0.4, -0.2) is 40.8 Å². The van der Waals surface area contributed by atoms with Crippen molar-refractivity contribution in [2.75, 3.05) is 19.8 Å². The Bertz CT molecular complexity index is 446. The molecule has 1 heterocycles. The number of carbonyl (C=O) groups excluding carboxylic acids is 1. The van der Waals surface area contributed by atoms with E-state index < -0.39 is 0 Å². The minimum Gasteiger partial charge on any atom is -0.375 e. The third kappa shape index (κ3) is 5.21. The van der Waals surface area contributed by atoms with Crippen LogP contribution in [-0.2, 0) is 10.2 Å². The molecule has 0 saturated heterocycles. The smallest absolute Gasteiger partial charge is 0.291 e. The van der Waals surface area contributed by atoms with Crippen molar-refractivity contribution in [1.29, 1.82) is 0 Å². The number of hydrogen-bond acceptors (Lipinski definition) is 4. The molecule has 1 rings (SSSR count). The molecule has 1 aromatic rings. The van der Waals surface area contributed by atoms with Crippen molar-refractivity contribution in [1.82, 2.24) is 20.5 Å². The van der Waals surface area contributed by atoms with E-state index in [2.05, 4.69) is 27.1 Å². The molecule has 106 valence electrons. The summed E-state index contributed by atoms with van der Waals surface area (Å²) in [5, 5.41) is 9.38. The van der Waals surface area contributed by atoms with Crippen molar-refractivity contribution in [2.45, 2.75) is 33.1 Å². The van der Waals surface area contributed by atoms with Crippen LogP contribution in [0.2, 0.25) is 0 Å². The monoisotopic (exact) mass is 266 g/mol. The molecule has 0 radical (unpaired) electrons. The average Bonchev–Trinajstić information content (AvgIpc) is 2.76. The van der Waals surface area contributed by atoms with E-state index in [9.17, 15) is 4.79 Å². The number of carbonyl (C=O) groups is 1. The van der Waals surface area contributed by atoms with Gasteiger partial charge >= 0.3 is 0 Å². The fraction of sp³-hybridized carbons (Fsp3) is 0.615. The number of rotatable bonds is 6. The van der Waals surface area contributed by atoms with Gasteiger partial charge < -0.3 is 10.1 Å². The normalized spacial score (nSPS) is 11.4. The lowest BCUT2D eigenvalue weighted by Crippen LogP contribution is -2.28. The van der Waals surface area contributed by atoms with E-state index >= 15 is 0 Å². The van der Waals surface area contributed by atoms with Gasteiger partial charge in [0.1, 0.15) is 5.82 Å². The molecular formula is C13H22N4O2. The highest BCUT2D eigenvalue weighted by molar-refractivity contribution is 5.90. The summed E-state index contributed by atoms with van der Waals surface area (Å²) in [5.41, 5.74) is 0.797. The second-order valence-electron chi connectivity index (χ2n) is 5.52. The molecule has 0 atom stereocenters. The zero-order valence-corrected chi connectivity index (χ0v) is 12.0. The van der Waals surface area contributed by atoms with Gasteiger partial charge in [0, 0.05) is 12.0 Å². The number of aromatic amines is 1. The van der Waals surface area contributed by atoms with Crippen LogP contribution in [0, 0.1) is 0 Å². The molecule has 19 heavy (non-hydrogen) atoms. The molecule has 0 aliphatic heterocycles. The Kier molecular flexibility index (Phi) is 5.23. The standard InChI is InChI=1S/C13H22N4O2/c1-9(2)8-19-7-6-14-11(18)10-15-12(17-16-10)13(3,4)5/h1,6-8H2,2-5H3,(H,14,18)(H,15,16,17). The van der Waals surface area contributed by atoms with E-state index in [4.69, 9.17) is 4.74 Å². The van der Waals surface area contributed by atoms with Crippen molar-refractivity contribution in [2.24, 2.45) is 0 Å². The zero-order valence-electron chi connectivity index (χ0n) is 12.0. The first-order valence-electron chi connectivity index (χ1n) is 6.24. The van der Waals surface area contributed by atoms with E-state index in [1.54, 1.807) is 0 Å². The molecule has 0 spiro atoms. The van der Waals surface area contributed by atoms with Crippen LogP contribution in [0.1, 0.15) is 44.1 Å². The van der Waals surface area contributed by atoms with Crippen LogP contribution in [0.15, 0.2) is 12.2 Å². The average molecular weight is 266 g/mol. The number of hydrogen-bond donors (Lipinski definition) is 2. The Morgan fingerprint density at radius 3 is 2.68 bits per heavy atom. The number of H-pyrrole nitrogens is 1. The van der Waals surface area contributed by atoms with Crippen molar-refractivity contribution in [3.8, 4) is 0 Å². The zero-order chi connectivity index (χ0) is 14.5. The summed E-state index contributed by atoms with van der Waals surface area (Å²) in [4.78, 5) is 15.9. The molecule has 1 aromatic heterocycles. The largest absolute Gasteiger partial charge is 0.375 e. The van der Waals surface area contributed by atoms with Crippen LogP contribution >= 0.6 is 0 Å². The van der Waals surface area contributed by atoms with E-state index in [-0.39, 0.29) is 17.1 Å². The fourth-order valence-corrected chi connectivity index (χ4v) is 1.26. The topological polar surface area (TPSA) is 79.9 Å². The summed E-state index contributed by atoms with van der Waals surface area (Å²) in [6.45, 7) is 13.0. The maximum Gasteiger partial charge on any atom is 0.291 e. The molecular weight excluding hydrogens is 244 g/mol. The van der Waals surface area contributed by atoms with Crippen molar-refractivity contribution in [3.05, 3.63) is 23.8 Å². The highest BCUT2D eigenvalue weighted by Crippen LogP contribution is 2.17. The van der Waals surface area contributed by atoms with Crippen LogP contribution in [0.5, 0.6) is 0 Å². The fourth-order valence-electron chi connectivity index (χ4n) is 1.26. The SMILES string of the molecule is C=C(C)COCCNC(=O)c1n[nH]c(C(C)(C)C)n1. The summed E-state index contributed by atoms with van der Waals surface area (Å²) >= 11 is 0. The van der Waals surface area contributed by atoms with Crippen LogP contribution < -0.4 is 5.32 Å². The first-order chi connectivity index (χ1) is 8.80. The quantitative estimate of drug-likeness (QED) is 0.603. The number of amides is 1. The number of ether oxygens (including phenoxy) is 1. The van der Waals surface area contributed by atoms with Gasteiger partial charge in [-0.25, -0.2) is 4.98 Å². The van der Waals surface area contributed by atoms with Crippen molar-refractivity contribution >= 4 is 5.91 Å². The molecule has 6 nitrogen and oxygen atoms in total. The first kappa shape index (κ1) is 15.4. The van der Waals surface area contributed by atoms with Crippen LogP contribution in [0.4, 0.5) is 0 Å². The van der Waals surface area contributed by atoms with Gasteiger partial charge in [-0.1, -0.05) is 32.9 Å². The predicted molar refractivity (Wildman–Crippen MR) is 73.0 cm³/mol. The lowest BCUT2D eigenvalue weighted by molar-refractivity contribution is 0.0917. The summed E-state index contributed by atoms with van der Waals surface area (Å²) in [7, 11) is 0. The lowest BCUT2D eigenvalue weighted by Gasteiger charge is -2.12. The lowest BCUT2D eigenvalue weighted by atomic mass is 9.96. The van der Waals surface area contributed by atoms with Crippen molar-refractivity contribution in [3.63, 3.8) is 0 Å². The van der Waals surface area contributed by atoms with Crippen LogP contribution in [0.25, 0.3) is 0 Å². The van der Waals surface area contributed by atoms with E-state index in [1.165, 1.54) is 0 Å². The highest BCUT2D eigenvalue weighted by Gasteiger charge is 2.20. The molecule has 0 unspecified atom stereocenters. The molecule has 0 aliphatic rings. The number of nitrogens with zero attached hydrogens (tertiary/aromatic N) is 2. The maximum absolute atomic E-state index is 11.8. The Hall–Kier alpha value is -1.69. The second kappa shape index (κ2) is 6.47. The molecule has 0 aliphatic carbocycles. The molecule has 6 heteroatoms. The van der Waals surface area contributed by atoms with E-state index in [0.717, 1.165) is 5.57 Å². The van der Waals surface area contributed by atoms with Gasteiger partial charge in [-0.3, -0.25) is 9.89 Å². The van der Waals surface area contributed by atoms with Gasteiger partial charge in [0.15, 0.2) is 0 Å². The van der Waals surface area contributed by atoms with Crippen LogP contribution in [0.3, 0.4) is 0 Å². The van der Waals surface area contributed by atoms with Gasteiger partial charge in [0.05, 0.1) is 13.2 Å². The van der Waals surface area contributed by atoms with Gasteiger partial charge in [0.25, 0.3) is 5.91 Å². The summed E-state index contributed by atoms with van der Waals surface area (Å²) in [6.07, 6.45) is 0. The molecule has 1 amide bonds. The Morgan fingerprint density at radius 1 is 1.47 bits per heavy atom. The molecule has 0 bridgehead atoms. The third-order valence-corrected chi connectivity index (χ3v) is 2.28. The molecule has 0 saturated carbocycles. The molecule has 0 fully saturated rings. The maximum atomic E-state index is 11.8. The number of aromatic nitrogens is 3. The molecule has 0 aromatic carbocycles. The Balaban J connectivity index is 2.38. The Morgan fingerprint density at radius 2 is 2.16 bits per heavy atom. The first-order valence-corrected chi connectivity index (χ1v) is 6.24. The van der Waals surface area contributed by atoms with E-state index in [1.807, 2.05) is 27.7 Å². The summed E-state index contributed by atoms with van der Waals surface area (Å²) in [5.74, 6) is 0.548. The Labute approximate surface area is 113 Å². The van der Waals surface area contributed by atoms with Gasteiger partial charge in [0.2, 0.25) is 5.82 Å². The van der Waals surface area contributed by atoms with Gasteiger partial charge in [-0.2, -0.15) is 0 Å². The second-order valence-corrected chi connectivity index (χ2v) is 5.52. The van der Waals surface area contributed by atoms with Crippen molar-refractivity contribution < 1.29 is 9.53 Å². The number of nitrogens with one attached hydrogen (secondary N) is 2. The summed E-state index contributed by atoms with van der Waals surface area (Å²) in [6, 6.07) is 0. The van der Waals surface area contributed by atoms with Gasteiger partial charge in [-0.15, -0.1) is 5.10 Å². The molecule has 2 N–H and O–H groups in total. The highest BCUT2D eigenvalue weighted by atomic mass is 16.5. The predicted octanol–water partition coefficient (Wildman–Crippen LogP) is 1.42. The minimum atomic E-state index is -0.300. The van der Waals surface area contributed by atoms with E-state index in [0.29, 0.717) is 25.6 Å². The third-order valence-electron chi connectivity index (χ3n) is 2.28. The minimum absolute atomic E-state index is 0.157. The van der Waals surface area contributed by atoms with Gasteiger partial charge in [-0.05, 0) is 6.92 Å². The summed E-state index contributed by atoms with van der Waals surface area (Å²) < 4.78 is 5.28.